The van der Waals surface area contributed by atoms with E-state index >= 15 is 0 Å². The zero-order chi connectivity index (χ0) is 20.2. The number of hydrogen-bond donors (Lipinski definition) is 1. The summed E-state index contributed by atoms with van der Waals surface area (Å²) in [6, 6.07) is 6.34. The minimum absolute atomic E-state index is 0.178. The molecule has 1 N–H and O–H groups in total. The molecule has 0 unspecified atom stereocenters. The summed E-state index contributed by atoms with van der Waals surface area (Å²) in [6.45, 7) is 4.30. The number of pyridine rings is 1. The number of aryl methyl sites for hydroxylation is 1. The first-order valence-corrected chi connectivity index (χ1v) is 10.1. The van der Waals surface area contributed by atoms with E-state index in [4.69, 9.17) is 0 Å². The summed E-state index contributed by atoms with van der Waals surface area (Å²) in [5.41, 5.74) is 4.23. The molecule has 1 aliphatic carbocycles. The second kappa shape index (κ2) is 8.43. The number of amides is 1. The van der Waals surface area contributed by atoms with E-state index in [-0.39, 0.29) is 5.91 Å². The molecule has 0 radical (unpaired) electrons. The molecule has 0 atom stereocenters. The Labute approximate surface area is 170 Å². The Balaban J connectivity index is 1.42. The molecule has 0 aliphatic heterocycles. The molecule has 0 aromatic carbocycles. The molecule has 0 spiro atoms. The van der Waals surface area contributed by atoms with Crippen LogP contribution in [0.5, 0.6) is 0 Å². The van der Waals surface area contributed by atoms with Crippen LogP contribution in [0.25, 0.3) is 11.9 Å². The van der Waals surface area contributed by atoms with Crippen molar-refractivity contribution < 1.29 is 4.79 Å². The van der Waals surface area contributed by atoms with Crippen molar-refractivity contribution in [1.82, 2.24) is 24.3 Å². The van der Waals surface area contributed by atoms with Gasteiger partial charge in [-0.2, -0.15) is 5.10 Å². The van der Waals surface area contributed by atoms with Crippen molar-refractivity contribution in [3.05, 3.63) is 60.1 Å². The Morgan fingerprint density at radius 3 is 2.72 bits per heavy atom. The van der Waals surface area contributed by atoms with E-state index in [1.165, 1.54) is 49.8 Å². The highest BCUT2D eigenvalue weighted by Crippen LogP contribution is 2.32. The molecule has 3 aromatic rings. The first-order chi connectivity index (χ1) is 14.1. The highest BCUT2D eigenvalue weighted by atomic mass is 16.1. The van der Waals surface area contributed by atoms with E-state index in [1.807, 2.05) is 6.08 Å². The van der Waals surface area contributed by atoms with E-state index in [1.54, 1.807) is 35.4 Å². The second-order valence-corrected chi connectivity index (χ2v) is 7.56. The SMILES string of the molecule is Cc1cc(/C=C/C(=O)Nc2ccc(-n3cncn3)nc2)c(C)n1C1CCCCC1. The largest absolute Gasteiger partial charge is 0.346 e. The highest BCUT2D eigenvalue weighted by molar-refractivity contribution is 6.01. The maximum Gasteiger partial charge on any atom is 0.248 e. The third-order valence-corrected chi connectivity index (χ3v) is 5.55. The van der Waals surface area contributed by atoms with Gasteiger partial charge in [0.25, 0.3) is 0 Å². The van der Waals surface area contributed by atoms with Crippen LogP contribution in [0.1, 0.15) is 55.1 Å². The molecular weight excluding hydrogens is 364 g/mol. The molecule has 1 saturated carbocycles. The summed E-state index contributed by atoms with van der Waals surface area (Å²) >= 11 is 0. The predicted molar refractivity (Wildman–Crippen MR) is 113 cm³/mol. The summed E-state index contributed by atoms with van der Waals surface area (Å²) < 4.78 is 4.01. The Morgan fingerprint density at radius 2 is 2.03 bits per heavy atom. The number of aromatic nitrogens is 5. The fourth-order valence-corrected chi connectivity index (χ4v) is 4.14. The molecule has 7 nitrogen and oxygen atoms in total. The van der Waals surface area contributed by atoms with Gasteiger partial charge in [0.1, 0.15) is 12.7 Å². The standard InChI is InChI=1S/C22H26N6O/c1-16-12-18(17(2)28(16)20-6-4-3-5-7-20)8-11-22(29)26-19-9-10-21(24-13-19)27-15-23-14-25-27/h8-15,20H,3-7H2,1-2H3,(H,26,29)/b11-8+. The summed E-state index contributed by atoms with van der Waals surface area (Å²) in [7, 11) is 0. The van der Waals surface area contributed by atoms with Gasteiger partial charge in [0, 0.05) is 23.5 Å². The van der Waals surface area contributed by atoms with Crippen molar-refractivity contribution in [2.24, 2.45) is 0 Å². The van der Waals surface area contributed by atoms with E-state index in [0.717, 1.165) is 5.56 Å². The van der Waals surface area contributed by atoms with Gasteiger partial charge in [0.15, 0.2) is 5.82 Å². The summed E-state index contributed by atoms with van der Waals surface area (Å²) in [4.78, 5) is 20.5. The zero-order valence-electron chi connectivity index (χ0n) is 16.9. The Bertz CT molecular complexity index is 995. The minimum atomic E-state index is -0.178. The average molecular weight is 390 g/mol. The van der Waals surface area contributed by atoms with Crippen molar-refractivity contribution in [3.8, 4) is 5.82 Å². The molecule has 4 rings (SSSR count). The molecule has 3 heterocycles. The quantitative estimate of drug-likeness (QED) is 0.661. The van der Waals surface area contributed by atoms with Crippen LogP contribution in [0.3, 0.4) is 0 Å². The van der Waals surface area contributed by atoms with Gasteiger partial charge in [-0.3, -0.25) is 4.79 Å². The Hall–Kier alpha value is -3.22. The third kappa shape index (κ3) is 4.29. The van der Waals surface area contributed by atoms with E-state index in [2.05, 4.69) is 44.9 Å². The summed E-state index contributed by atoms with van der Waals surface area (Å²) in [5.74, 6) is 0.467. The van der Waals surface area contributed by atoms with Crippen molar-refractivity contribution in [2.45, 2.75) is 52.0 Å². The number of nitrogens with one attached hydrogen (secondary N) is 1. The van der Waals surface area contributed by atoms with Crippen LogP contribution in [0.15, 0.2) is 43.1 Å². The van der Waals surface area contributed by atoms with Crippen molar-refractivity contribution in [2.75, 3.05) is 5.32 Å². The zero-order valence-corrected chi connectivity index (χ0v) is 16.9. The fraction of sp³-hybridized carbons (Fsp3) is 0.364. The molecule has 1 amide bonds. The summed E-state index contributed by atoms with van der Waals surface area (Å²) in [5, 5.41) is 6.88. The van der Waals surface area contributed by atoms with Gasteiger partial charge in [0.2, 0.25) is 5.91 Å². The lowest BCUT2D eigenvalue weighted by atomic mass is 9.95. The number of rotatable bonds is 5. The predicted octanol–water partition coefficient (Wildman–Crippen LogP) is 4.24. The number of carbonyl (C=O) groups is 1. The lowest BCUT2D eigenvalue weighted by molar-refractivity contribution is -0.111. The number of carbonyl (C=O) groups excluding carboxylic acids is 1. The molecule has 0 saturated heterocycles. The van der Waals surface area contributed by atoms with Gasteiger partial charge in [-0.15, -0.1) is 0 Å². The molecule has 150 valence electrons. The topological polar surface area (TPSA) is 77.6 Å². The number of hydrogen-bond acceptors (Lipinski definition) is 4. The number of nitrogens with zero attached hydrogens (tertiary/aromatic N) is 5. The molecule has 7 heteroatoms. The highest BCUT2D eigenvalue weighted by Gasteiger charge is 2.19. The van der Waals surface area contributed by atoms with Crippen LogP contribution in [0, 0.1) is 13.8 Å². The average Bonchev–Trinajstić information content (AvgIpc) is 3.36. The Morgan fingerprint density at radius 1 is 1.21 bits per heavy atom. The number of anilines is 1. The van der Waals surface area contributed by atoms with Gasteiger partial charge in [-0.25, -0.2) is 14.6 Å². The van der Waals surface area contributed by atoms with Crippen LogP contribution >= 0.6 is 0 Å². The molecule has 1 aliphatic rings. The first-order valence-electron chi connectivity index (χ1n) is 10.1. The maximum absolute atomic E-state index is 12.3. The monoisotopic (exact) mass is 390 g/mol. The van der Waals surface area contributed by atoms with Crippen LogP contribution in [-0.4, -0.2) is 30.2 Å². The molecule has 0 bridgehead atoms. The van der Waals surface area contributed by atoms with Crippen LogP contribution in [0.2, 0.25) is 0 Å². The van der Waals surface area contributed by atoms with Crippen LogP contribution < -0.4 is 5.32 Å². The molecule has 29 heavy (non-hydrogen) atoms. The normalized spacial score (nSPS) is 15.1. The molecule has 1 fully saturated rings. The van der Waals surface area contributed by atoms with Crippen molar-refractivity contribution in [1.29, 1.82) is 0 Å². The van der Waals surface area contributed by atoms with Gasteiger partial charge in [0.05, 0.1) is 11.9 Å². The second-order valence-electron chi connectivity index (χ2n) is 7.56. The Kier molecular flexibility index (Phi) is 5.55. The first kappa shape index (κ1) is 19.1. The third-order valence-electron chi connectivity index (χ3n) is 5.55. The van der Waals surface area contributed by atoms with Gasteiger partial charge in [-0.1, -0.05) is 19.3 Å². The minimum Gasteiger partial charge on any atom is -0.346 e. The van der Waals surface area contributed by atoms with E-state index in [0.29, 0.717) is 17.5 Å². The van der Waals surface area contributed by atoms with Crippen molar-refractivity contribution >= 4 is 17.7 Å². The van der Waals surface area contributed by atoms with Gasteiger partial charge in [-0.05, 0) is 56.5 Å². The van der Waals surface area contributed by atoms with Gasteiger partial charge >= 0.3 is 0 Å². The summed E-state index contributed by atoms with van der Waals surface area (Å²) in [6.07, 6.45) is 14.6. The smallest absolute Gasteiger partial charge is 0.248 e. The van der Waals surface area contributed by atoms with Crippen molar-refractivity contribution in [3.63, 3.8) is 0 Å². The fourth-order valence-electron chi connectivity index (χ4n) is 4.14. The molecular formula is C22H26N6O. The van der Waals surface area contributed by atoms with Crippen LogP contribution in [-0.2, 0) is 4.79 Å². The van der Waals surface area contributed by atoms with E-state index in [9.17, 15) is 4.79 Å². The lowest BCUT2D eigenvalue weighted by Crippen LogP contribution is -2.15. The van der Waals surface area contributed by atoms with Crippen LogP contribution in [0.4, 0.5) is 5.69 Å². The lowest BCUT2D eigenvalue weighted by Gasteiger charge is -2.26. The maximum atomic E-state index is 12.3. The molecule has 3 aromatic heterocycles. The van der Waals surface area contributed by atoms with Gasteiger partial charge < -0.3 is 9.88 Å². The van der Waals surface area contributed by atoms with E-state index < -0.39 is 0 Å².